The normalized spacial score (nSPS) is 19.2. The quantitative estimate of drug-likeness (QED) is 0.751. The Hall–Kier alpha value is -2.25. The van der Waals surface area contributed by atoms with Gasteiger partial charge in [-0.05, 0) is 42.8 Å². The van der Waals surface area contributed by atoms with Gasteiger partial charge in [0.1, 0.15) is 5.82 Å². The van der Waals surface area contributed by atoms with Crippen molar-refractivity contribution in [3.63, 3.8) is 0 Å². The van der Waals surface area contributed by atoms with Crippen LogP contribution in [0.4, 0.5) is 0 Å². The fourth-order valence-electron chi connectivity index (χ4n) is 3.03. The smallest absolute Gasteiger partial charge is 0.246 e. The van der Waals surface area contributed by atoms with Crippen LogP contribution < -0.4 is 0 Å². The van der Waals surface area contributed by atoms with E-state index in [4.69, 9.17) is 11.6 Å². The molecule has 0 N–H and O–H groups in total. The van der Waals surface area contributed by atoms with E-state index in [0.717, 1.165) is 5.56 Å². The number of aromatic nitrogens is 2. The maximum Gasteiger partial charge on any atom is 0.246 e. The number of amides is 1. The Balaban J connectivity index is 2.08. The van der Waals surface area contributed by atoms with Crippen LogP contribution in [0, 0.1) is 6.92 Å². The Morgan fingerprint density at radius 1 is 1.38 bits per heavy atom. The number of rotatable bonds is 3. The van der Waals surface area contributed by atoms with Gasteiger partial charge in [-0.1, -0.05) is 18.2 Å². The number of sulfone groups is 1. The van der Waals surface area contributed by atoms with Gasteiger partial charge in [-0.15, -0.1) is 0 Å². The van der Waals surface area contributed by atoms with Crippen molar-refractivity contribution >= 4 is 27.3 Å². The van der Waals surface area contributed by atoms with Crippen molar-refractivity contribution < 1.29 is 13.2 Å². The van der Waals surface area contributed by atoms with Gasteiger partial charge < -0.3 is 4.90 Å². The van der Waals surface area contributed by atoms with Crippen molar-refractivity contribution in [1.29, 1.82) is 0 Å². The van der Waals surface area contributed by atoms with Crippen LogP contribution >= 0.6 is 11.6 Å². The number of carbonyl (C=O) groups excluding carboxylic acids is 1. The second-order valence-corrected chi connectivity index (χ2v) is 8.79. The van der Waals surface area contributed by atoms with Crippen LogP contribution in [0.15, 0.2) is 43.1 Å². The third-order valence-corrected chi connectivity index (χ3v) is 6.11. The predicted molar refractivity (Wildman–Crippen MR) is 101 cm³/mol. The molecule has 1 saturated heterocycles. The molecule has 1 amide bonds. The summed E-state index contributed by atoms with van der Waals surface area (Å²) in [5.74, 6) is 0.119. The molecule has 0 saturated carbocycles. The zero-order valence-corrected chi connectivity index (χ0v) is 15.8. The lowest BCUT2D eigenvalue weighted by atomic mass is 10.0. The van der Waals surface area contributed by atoms with Crippen molar-refractivity contribution in [3.05, 3.63) is 59.5 Å². The average molecular weight is 392 g/mol. The van der Waals surface area contributed by atoms with Gasteiger partial charge in [0.2, 0.25) is 5.91 Å². The fraction of sp³-hybridized carbons (Fsp3) is 0.278. The van der Waals surface area contributed by atoms with Gasteiger partial charge in [0.05, 0.1) is 23.2 Å². The van der Waals surface area contributed by atoms with E-state index in [1.807, 2.05) is 6.07 Å². The van der Waals surface area contributed by atoms with Gasteiger partial charge in [-0.25, -0.2) is 18.4 Å². The fourth-order valence-corrected chi connectivity index (χ4v) is 4.77. The van der Waals surface area contributed by atoms with Crippen LogP contribution in [0.25, 0.3) is 11.3 Å². The average Bonchev–Trinajstić information content (AvgIpc) is 2.60. The molecule has 6 nitrogen and oxygen atoms in total. The summed E-state index contributed by atoms with van der Waals surface area (Å²) in [6.45, 7) is 5.43. The molecule has 0 bridgehead atoms. The molecule has 1 unspecified atom stereocenters. The number of hydrogen-bond acceptors (Lipinski definition) is 5. The third kappa shape index (κ3) is 3.94. The zero-order chi connectivity index (χ0) is 18.9. The van der Waals surface area contributed by atoms with Gasteiger partial charge in [-0.2, -0.15) is 0 Å². The number of hydrogen-bond donors (Lipinski definition) is 0. The van der Waals surface area contributed by atoms with E-state index in [1.54, 1.807) is 31.3 Å². The lowest BCUT2D eigenvalue weighted by molar-refractivity contribution is -0.127. The molecule has 1 aliphatic heterocycles. The minimum atomic E-state index is -3.25. The second kappa shape index (κ2) is 7.17. The van der Waals surface area contributed by atoms with Gasteiger partial charge in [-0.3, -0.25) is 4.79 Å². The number of aryl methyl sites for hydroxylation is 1. The van der Waals surface area contributed by atoms with E-state index in [1.165, 1.54) is 11.0 Å². The van der Waals surface area contributed by atoms with Crippen LogP contribution in [0.3, 0.4) is 0 Å². The van der Waals surface area contributed by atoms with Gasteiger partial charge in [0.25, 0.3) is 0 Å². The first-order valence-corrected chi connectivity index (χ1v) is 10.2. The molecular weight excluding hydrogens is 374 g/mol. The highest BCUT2D eigenvalue weighted by atomic mass is 35.5. The first kappa shape index (κ1) is 18.5. The molecule has 2 aromatic rings. The number of halogens is 1. The van der Waals surface area contributed by atoms with E-state index >= 15 is 0 Å². The van der Waals surface area contributed by atoms with Crippen LogP contribution in [-0.4, -0.2) is 47.2 Å². The van der Waals surface area contributed by atoms with Crippen molar-refractivity contribution in [2.75, 3.05) is 18.1 Å². The molecular formula is C18H18ClN3O3S. The molecule has 0 spiro atoms. The van der Waals surface area contributed by atoms with Crippen molar-refractivity contribution in [2.24, 2.45) is 0 Å². The molecule has 26 heavy (non-hydrogen) atoms. The summed E-state index contributed by atoms with van der Waals surface area (Å²) in [4.78, 5) is 22.2. The van der Waals surface area contributed by atoms with Crippen LogP contribution in [0.1, 0.15) is 17.4 Å². The van der Waals surface area contributed by atoms with Crippen molar-refractivity contribution in [1.82, 2.24) is 14.9 Å². The summed E-state index contributed by atoms with van der Waals surface area (Å²) in [6.07, 6.45) is 2.85. The van der Waals surface area contributed by atoms with E-state index in [9.17, 15) is 13.2 Å². The van der Waals surface area contributed by atoms with E-state index in [0.29, 0.717) is 22.1 Å². The zero-order valence-electron chi connectivity index (χ0n) is 14.2. The third-order valence-electron chi connectivity index (χ3n) is 4.27. The Kier molecular flexibility index (Phi) is 5.11. The molecule has 2 heterocycles. The first-order chi connectivity index (χ1) is 12.3. The lowest BCUT2D eigenvalue weighted by Crippen LogP contribution is -2.45. The molecule has 0 radical (unpaired) electrons. The molecule has 1 atom stereocenters. The topological polar surface area (TPSA) is 80.2 Å². The largest absolute Gasteiger partial charge is 0.330 e. The molecule has 8 heteroatoms. The van der Waals surface area contributed by atoms with Crippen LogP contribution in [-0.2, 0) is 14.6 Å². The molecule has 1 aromatic carbocycles. The van der Waals surface area contributed by atoms with Crippen molar-refractivity contribution in [2.45, 2.75) is 13.0 Å². The van der Waals surface area contributed by atoms with E-state index in [-0.39, 0.29) is 24.0 Å². The highest BCUT2D eigenvalue weighted by Crippen LogP contribution is 2.32. The monoisotopic (exact) mass is 391 g/mol. The van der Waals surface area contributed by atoms with Crippen LogP contribution in [0.2, 0.25) is 5.02 Å². The second-order valence-electron chi connectivity index (χ2n) is 6.13. The maximum absolute atomic E-state index is 12.2. The predicted octanol–water partition coefficient (Wildman–Crippen LogP) is 2.59. The highest BCUT2D eigenvalue weighted by Gasteiger charge is 2.34. The van der Waals surface area contributed by atoms with Gasteiger partial charge in [0.15, 0.2) is 9.84 Å². The first-order valence-electron chi connectivity index (χ1n) is 8.03. The number of nitrogens with zero attached hydrogens (tertiary/aromatic N) is 3. The molecule has 1 aliphatic rings. The van der Waals surface area contributed by atoms with E-state index < -0.39 is 15.9 Å². The number of benzene rings is 1. The number of carbonyl (C=O) groups is 1. The SMILES string of the molecule is C=CC(=O)N1CCS(=O)(=O)CC1c1cc(Cl)cc(-c2ccnc(C)n2)c1. The lowest BCUT2D eigenvalue weighted by Gasteiger charge is -2.35. The summed E-state index contributed by atoms with van der Waals surface area (Å²) >= 11 is 6.27. The summed E-state index contributed by atoms with van der Waals surface area (Å²) in [5, 5.41) is 0.447. The minimum Gasteiger partial charge on any atom is -0.330 e. The van der Waals surface area contributed by atoms with Crippen molar-refractivity contribution in [3.8, 4) is 11.3 Å². The molecule has 3 rings (SSSR count). The highest BCUT2D eigenvalue weighted by molar-refractivity contribution is 7.91. The van der Waals surface area contributed by atoms with Gasteiger partial charge >= 0.3 is 0 Å². The Morgan fingerprint density at radius 3 is 2.85 bits per heavy atom. The summed E-state index contributed by atoms with van der Waals surface area (Å²) in [5.41, 5.74) is 2.08. The summed E-state index contributed by atoms with van der Waals surface area (Å²) < 4.78 is 24.3. The maximum atomic E-state index is 12.2. The summed E-state index contributed by atoms with van der Waals surface area (Å²) in [7, 11) is -3.25. The minimum absolute atomic E-state index is 0.0540. The Labute approximate surface area is 157 Å². The van der Waals surface area contributed by atoms with E-state index in [2.05, 4.69) is 16.5 Å². The molecule has 1 fully saturated rings. The Bertz CT molecular complexity index is 975. The Morgan fingerprint density at radius 2 is 2.15 bits per heavy atom. The molecule has 0 aliphatic carbocycles. The summed E-state index contributed by atoms with van der Waals surface area (Å²) in [6, 6.07) is 6.41. The van der Waals surface area contributed by atoms with Crippen LogP contribution in [0.5, 0.6) is 0 Å². The molecule has 1 aromatic heterocycles. The molecule has 136 valence electrons. The standard InChI is InChI=1S/C18H18ClN3O3S/c1-3-18(23)22-6-7-26(24,25)11-17(22)14-8-13(9-15(19)10-14)16-4-5-20-12(2)21-16/h3-5,8-10,17H,1,6-7,11H2,2H3. The van der Waals surface area contributed by atoms with Gasteiger partial charge in [0, 0.05) is 23.3 Å².